The lowest BCUT2D eigenvalue weighted by molar-refractivity contribution is -0.126. The van der Waals surface area contributed by atoms with Gasteiger partial charge >= 0.3 is 0 Å². The van der Waals surface area contributed by atoms with Crippen LogP contribution in [0.3, 0.4) is 0 Å². The molecule has 0 bridgehead atoms. The number of nitrogens with one attached hydrogen (secondary N) is 2. The minimum absolute atomic E-state index is 0.0430. The number of aromatic amines is 1. The fraction of sp³-hybridized carbons (Fsp3) is 0.292. The van der Waals surface area contributed by atoms with Gasteiger partial charge in [-0.2, -0.15) is 5.10 Å². The van der Waals surface area contributed by atoms with E-state index in [1.807, 2.05) is 12.1 Å². The molecule has 8 heteroatoms. The summed E-state index contributed by atoms with van der Waals surface area (Å²) in [7, 11) is 0. The van der Waals surface area contributed by atoms with Crippen molar-refractivity contribution in [1.29, 1.82) is 0 Å². The molecular weight excluding hydrogens is 431 g/mol. The first-order chi connectivity index (χ1) is 15.5. The number of nitrogens with zero attached hydrogens (tertiary/aromatic N) is 2. The van der Waals surface area contributed by atoms with Gasteiger partial charge in [0.2, 0.25) is 5.91 Å². The molecule has 166 valence electrons. The summed E-state index contributed by atoms with van der Waals surface area (Å²) in [6, 6.07) is 13.8. The van der Waals surface area contributed by atoms with E-state index in [4.69, 9.17) is 11.6 Å². The van der Waals surface area contributed by atoms with E-state index in [9.17, 15) is 14.0 Å². The number of aromatic nitrogens is 2. The number of amides is 2. The highest BCUT2D eigenvalue weighted by Crippen LogP contribution is 2.26. The molecule has 0 radical (unpaired) electrons. The summed E-state index contributed by atoms with van der Waals surface area (Å²) >= 11 is 5.96. The van der Waals surface area contributed by atoms with Crippen molar-refractivity contribution in [1.82, 2.24) is 20.4 Å². The summed E-state index contributed by atoms with van der Waals surface area (Å²) in [5.74, 6) is -0.564. The minimum atomic E-state index is -0.259. The van der Waals surface area contributed by atoms with Gasteiger partial charge in [-0.25, -0.2) is 4.39 Å². The van der Waals surface area contributed by atoms with Gasteiger partial charge in [0.05, 0.1) is 17.5 Å². The maximum Gasteiger partial charge on any atom is 0.257 e. The number of hydrogen-bond acceptors (Lipinski definition) is 3. The van der Waals surface area contributed by atoms with E-state index in [0.717, 1.165) is 5.56 Å². The van der Waals surface area contributed by atoms with Crippen LogP contribution in [0.1, 0.15) is 28.8 Å². The fourth-order valence-corrected chi connectivity index (χ4v) is 4.09. The molecule has 32 heavy (non-hydrogen) atoms. The third-order valence-electron chi connectivity index (χ3n) is 5.81. The van der Waals surface area contributed by atoms with E-state index in [-0.39, 0.29) is 23.5 Å². The van der Waals surface area contributed by atoms with Crippen LogP contribution in [0, 0.1) is 11.7 Å². The highest BCUT2D eigenvalue weighted by atomic mass is 35.5. The van der Waals surface area contributed by atoms with Crippen molar-refractivity contribution >= 4 is 23.4 Å². The molecule has 0 atom stereocenters. The summed E-state index contributed by atoms with van der Waals surface area (Å²) < 4.78 is 13.7. The van der Waals surface area contributed by atoms with Crippen LogP contribution in [0.4, 0.5) is 4.39 Å². The Kier molecular flexibility index (Phi) is 6.85. The molecule has 1 aromatic heterocycles. The van der Waals surface area contributed by atoms with Crippen LogP contribution in [0.2, 0.25) is 5.02 Å². The Balaban J connectivity index is 1.30. The second-order valence-corrected chi connectivity index (χ2v) is 8.30. The molecule has 2 aromatic carbocycles. The van der Waals surface area contributed by atoms with Crippen molar-refractivity contribution in [2.75, 3.05) is 19.6 Å². The first-order valence-corrected chi connectivity index (χ1v) is 11.0. The van der Waals surface area contributed by atoms with E-state index < -0.39 is 0 Å². The standard InChI is InChI=1S/C24H24ClFN4O2/c25-19-7-5-17(6-8-19)22-20(15-28-29-22)24(32)30-13-10-18(11-14-30)23(31)27-12-9-16-3-1-2-4-21(16)26/h1-8,15,18H,9-14H2,(H,27,31)(H,28,29). The molecule has 0 unspecified atom stereocenters. The molecule has 6 nitrogen and oxygen atoms in total. The third-order valence-corrected chi connectivity index (χ3v) is 6.06. The van der Waals surface area contributed by atoms with Crippen molar-refractivity contribution in [2.45, 2.75) is 19.3 Å². The van der Waals surface area contributed by atoms with Gasteiger partial charge in [-0.3, -0.25) is 14.7 Å². The minimum Gasteiger partial charge on any atom is -0.356 e. The van der Waals surface area contributed by atoms with Crippen LogP contribution in [0.5, 0.6) is 0 Å². The Bertz CT molecular complexity index is 1090. The van der Waals surface area contributed by atoms with E-state index in [1.54, 1.807) is 35.2 Å². The van der Waals surface area contributed by atoms with Crippen LogP contribution < -0.4 is 5.32 Å². The molecule has 0 saturated carbocycles. The molecule has 2 N–H and O–H groups in total. The zero-order valence-electron chi connectivity index (χ0n) is 17.5. The molecular formula is C24H24ClFN4O2. The molecule has 0 aliphatic carbocycles. The van der Waals surface area contributed by atoms with Crippen molar-refractivity contribution in [2.24, 2.45) is 5.92 Å². The second-order valence-electron chi connectivity index (χ2n) is 7.86. The average molecular weight is 455 g/mol. The van der Waals surface area contributed by atoms with Gasteiger partial charge < -0.3 is 10.2 Å². The number of halogens is 2. The maximum absolute atomic E-state index is 13.7. The first-order valence-electron chi connectivity index (χ1n) is 10.6. The summed E-state index contributed by atoms with van der Waals surface area (Å²) in [6.45, 7) is 1.38. The van der Waals surface area contributed by atoms with E-state index in [1.165, 1.54) is 12.3 Å². The predicted octanol–water partition coefficient (Wildman–Crippen LogP) is 4.08. The number of piperidine rings is 1. The van der Waals surface area contributed by atoms with Gasteiger partial charge in [0.15, 0.2) is 0 Å². The number of benzene rings is 2. The largest absolute Gasteiger partial charge is 0.356 e. The van der Waals surface area contributed by atoms with E-state index in [2.05, 4.69) is 15.5 Å². The quantitative estimate of drug-likeness (QED) is 0.589. The molecule has 3 aromatic rings. The Morgan fingerprint density at radius 2 is 1.84 bits per heavy atom. The molecule has 2 heterocycles. The van der Waals surface area contributed by atoms with Gasteiger partial charge in [-0.05, 0) is 43.0 Å². The lowest BCUT2D eigenvalue weighted by Crippen LogP contribution is -2.43. The highest BCUT2D eigenvalue weighted by molar-refractivity contribution is 6.30. The topological polar surface area (TPSA) is 78.1 Å². The first kappa shape index (κ1) is 22.0. The van der Waals surface area contributed by atoms with Gasteiger partial charge in [0.1, 0.15) is 5.82 Å². The second kappa shape index (κ2) is 9.96. The Morgan fingerprint density at radius 1 is 1.12 bits per heavy atom. The number of H-pyrrole nitrogens is 1. The molecule has 4 rings (SSSR count). The van der Waals surface area contributed by atoms with Crippen LogP contribution >= 0.6 is 11.6 Å². The monoisotopic (exact) mass is 454 g/mol. The third kappa shape index (κ3) is 4.99. The summed E-state index contributed by atoms with van der Waals surface area (Å²) in [6.07, 6.45) is 3.16. The van der Waals surface area contributed by atoms with Crippen LogP contribution in [0.15, 0.2) is 54.7 Å². The van der Waals surface area contributed by atoms with Crippen molar-refractivity contribution in [3.05, 3.63) is 76.7 Å². The molecule has 1 aliphatic rings. The molecule has 0 spiro atoms. The van der Waals surface area contributed by atoms with Crippen LogP contribution in [-0.4, -0.2) is 46.5 Å². The molecule has 1 fully saturated rings. The fourth-order valence-electron chi connectivity index (χ4n) is 3.97. The molecule has 1 saturated heterocycles. The van der Waals surface area contributed by atoms with Gasteiger partial charge in [0, 0.05) is 36.1 Å². The van der Waals surface area contributed by atoms with Crippen molar-refractivity contribution in [3.63, 3.8) is 0 Å². The number of likely N-dealkylation sites (tertiary alicyclic amines) is 1. The number of hydrogen-bond donors (Lipinski definition) is 2. The zero-order valence-corrected chi connectivity index (χ0v) is 18.2. The summed E-state index contributed by atoms with van der Waals surface area (Å²) in [5.41, 5.74) is 2.57. The summed E-state index contributed by atoms with van der Waals surface area (Å²) in [5, 5.41) is 10.5. The number of carbonyl (C=O) groups excluding carboxylic acids is 2. The average Bonchev–Trinajstić information content (AvgIpc) is 3.30. The van der Waals surface area contributed by atoms with Crippen LogP contribution in [-0.2, 0) is 11.2 Å². The predicted molar refractivity (Wildman–Crippen MR) is 121 cm³/mol. The molecule has 1 aliphatic heterocycles. The van der Waals surface area contributed by atoms with Gasteiger partial charge in [-0.1, -0.05) is 41.9 Å². The number of rotatable bonds is 6. The van der Waals surface area contributed by atoms with Crippen LogP contribution in [0.25, 0.3) is 11.3 Å². The van der Waals surface area contributed by atoms with E-state index in [0.29, 0.717) is 60.7 Å². The lowest BCUT2D eigenvalue weighted by atomic mass is 9.95. The van der Waals surface area contributed by atoms with Gasteiger partial charge in [-0.15, -0.1) is 0 Å². The Morgan fingerprint density at radius 3 is 2.56 bits per heavy atom. The van der Waals surface area contributed by atoms with Crippen molar-refractivity contribution < 1.29 is 14.0 Å². The summed E-state index contributed by atoms with van der Waals surface area (Å²) in [4.78, 5) is 27.3. The molecule has 2 amide bonds. The maximum atomic E-state index is 13.7. The van der Waals surface area contributed by atoms with Crippen molar-refractivity contribution in [3.8, 4) is 11.3 Å². The normalized spacial score (nSPS) is 14.4. The highest BCUT2D eigenvalue weighted by Gasteiger charge is 2.29. The SMILES string of the molecule is O=C(NCCc1ccccc1F)C1CCN(C(=O)c2cn[nH]c2-c2ccc(Cl)cc2)CC1. The Hall–Kier alpha value is -3.19. The Labute approximate surface area is 190 Å². The number of carbonyl (C=O) groups is 2. The zero-order chi connectivity index (χ0) is 22.5. The smallest absolute Gasteiger partial charge is 0.257 e. The van der Waals surface area contributed by atoms with Gasteiger partial charge in [0.25, 0.3) is 5.91 Å². The van der Waals surface area contributed by atoms with E-state index >= 15 is 0 Å². The lowest BCUT2D eigenvalue weighted by Gasteiger charge is -2.31.